The van der Waals surface area contributed by atoms with Gasteiger partial charge in [-0.25, -0.2) is 0 Å². The number of carbonyl (C=O) groups excluding carboxylic acids is 1. The van der Waals surface area contributed by atoms with Gasteiger partial charge in [-0.05, 0) is 6.42 Å². The van der Waals surface area contributed by atoms with Crippen molar-refractivity contribution in [3.63, 3.8) is 0 Å². The van der Waals surface area contributed by atoms with Crippen LogP contribution in [0.3, 0.4) is 0 Å². The number of nitrogens with zero attached hydrogens (tertiary/aromatic N) is 1. The average Bonchev–Trinajstić information content (AvgIpc) is 2.34. The predicted octanol–water partition coefficient (Wildman–Crippen LogP) is -0.989. The van der Waals surface area contributed by atoms with Crippen LogP contribution in [0.4, 0.5) is 0 Å². The lowest BCUT2D eigenvalue weighted by Crippen LogP contribution is -2.38. The van der Waals surface area contributed by atoms with Gasteiger partial charge in [-0.15, -0.1) is 0 Å². The van der Waals surface area contributed by atoms with Gasteiger partial charge in [0.25, 0.3) is 0 Å². The number of hydrogen-bond donors (Lipinski definition) is 3. The molecule has 0 spiro atoms. The number of hydrogen-bond acceptors (Lipinski definition) is 3. The molecule has 1 fully saturated rings. The normalized spacial score (nSPS) is 26.6. The molecule has 1 amide bonds. The SMILES string of the molecule is N/C(=N\O)[C@@H]1CCC(=O)N1. The summed E-state index contributed by atoms with van der Waals surface area (Å²) in [5, 5.41) is 13.5. The van der Waals surface area contributed by atoms with E-state index in [1.54, 1.807) is 0 Å². The van der Waals surface area contributed by atoms with E-state index < -0.39 is 0 Å². The number of nitrogens with two attached hydrogens (primary N) is 1. The van der Waals surface area contributed by atoms with Crippen molar-refractivity contribution in [2.75, 3.05) is 0 Å². The second kappa shape index (κ2) is 2.55. The highest BCUT2D eigenvalue weighted by molar-refractivity contribution is 5.92. The van der Waals surface area contributed by atoms with Crippen LogP contribution in [-0.2, 0) is 4.79 Å². The van der Waals surface area contributed by atoms with Crippen LogP contribution in [0.1, 0.15) is 12.8 Å². The topological polar surface area (TPSA) is 87.7 Å². The molecule has 1 heterocycles. The van der Waals surface area contributed by atoms with Gasteiger partial charge < -0.3 is 16.3 Å². The maximum atomic E-state index is 10.6. The summed E-state index contributed by atoms with van der Waals surface area (Å²) in [4.78, 5) is 10.6. The van der Waals surface area contributed by atoms with E-state index in [2.05, 4.69) is 10.5 Å². The smallest absolute Gasteiger partial charge is 0.220 e. The van der Waals surface area contributed by atoms with Crippen LogP contribution < -0.4 is 11.1 Å². The van der Waals surface area contributed by atoms with Gasteiger partial charge in [0, 0.05) is 6.42 Å². The molecule has 5 nitrogen and oxygen atoms in total. The highest BCUT2D eigenvalue weighted by atomic mass is 16.4. The lowest BCUT2D eigenvalue weighted by atomic mass is 10.2. The van der Waals surface area contributed by atoms with E-state index in [0.717, 1.165) is 0 Å². The van der Waals surface area contributed by atoms with Gasteiger partial charge in [0.2, 0.25) is 5.91 Å². The third-order valence-corrected chi connectivity index (χ3v) is 1.47. The van der Waals surface area contributed by atoms with E-state index in [0.29, 0.717) is 12.8 Å². The molecule has 0 aromatic heterocycles. The van der Waals surface area contributed by atoms with Crippen LogP contribution in [0, 0.1) is 0 Å². The fourth-order valence-electron chi connectivity index (χ4n) is 0.906. The van der Waals surface area contributed by atoms with Crippen LogP contribution in [0.2, 0.25) is 0 Å². The van der Waals surface area contributed by atoms with Gasteiger partial charge in [0.15, 0.2) is 5.84 Å². The van der Waals surface area contributed by atoms with E-state index in [9.17, 15) is 4.79 Å². The first-order chi connectivity index (χ1) is 4.74. The van der Waals surface area contributed by atoms with Gasteiger partial charge in [-0.3, -0.25) is 4.79 Å². The number of amides is 1. The van der Waals surface area contributed by atoms with Crippen molar-refractivity contribution < 1.29 is 10.0 Å². The van der Waals surface area contributed by atoms with E-state index in [-0.39, 0.29) is 17.8 Å². The third-order valence-electron chi connectivity index (χ3n) is 1.47. The van der Waals surface area contributed by atoms with Crippen LogP contribution >= 0.6 is 0 Å². The minimum atomic E-state index is -0.266. The maximum Gasteiger partial charge on any atom is 0.220 e. The molecule has 4 N–H and O–H groups in total. The van der Waals surface area contributed by atoms with Crippen molar-refractivity contribution in [2.45, 2.75) is 18.9 Å². The van der Waals surface area contributed by atoms with E-state index >= 15 is 0 Å². The number of rotatable bonds is 1. The number of nitrogens with one attached hydrogen (secondary N) is 1. The van der Waals surface area contributed by atoms with Crippen molar-refractivity contribution in [2.24, 2.45) is 10.9 Å². The summed E-state index contributed by atoms with van der Waals surface area (Å²) in [6.07, 6.45) is 1.08. The van der Waals surface area contributed by atoms with Gasteiger partial charge >= 0.3 is 0 Å². The standard InChI is InChI=1S/C5H9N3O2/c6-5(8-10)3-1-2-4(9)7-3/h3,10H,1-2H2,(H2,6,8)(H,7,9)/t3-/m0/s1. The molecule has 0 bridgehead atoms. The first-order valence-corrected chi connectivity index (χ1v) is 3.01. The molecule has 0 unspecified atom stereocenters. The first kappa shape index (κ1) is 6.85. The Morgan fingerprint density at radius 1 is 1.90 bits per heavy atom. The van der Waals surface area contributed by atoms with Gasteiger partial charge in [-0.2, -0.15) is 0 Å². The highest BCUT2D eigenvalue weighted by Gasteiger charge is 2.23. The fraction of sp³-hybridized carbons (Fsp3) is 0.600. The molecule has 0 saturated carbocycles. The maximum absolute atomic E-state index is 10.6. The Labute approximate surface area is 57.9 Å². The molecule has 10 heavy (non-hydrogen) atoms. The van der Waals surface area contributed by atoms with Crippen LogP contribution in [0.15, 0.2) is 5.16 Å². The van der Waals surface area contributed by atoms with Crippen molar-refractivity contribution in [1.29, 1.82) is 0 Å². The minimum absolute atomic E-state index is 0.0448. The largest absolute Gasteiger partial charge is 0.409 e. The van der Waals surface area contributed by atoms with Crippen molar-refractivity contribution in [1.82, 2.24) is 5.32 Å². The molecule has 5 heteroatoms. The second-order valence-electron chi connectivity index (χ2n) is 2.18. The van der Waals surface area contributed by atoms with Gasteiger partial charge in [0.05, 0.1) is 6.04 Å². The summed E-state index contributed by atoms with van der Waals surface area (Å²) < 4.78 is 0. The number of carbonyl (C=O) groups is 1. The van der Waals surface area contributed by atoms with Gasteiger partial charge in [-0.1, -0.05) is 5.16 Å². The Morgan fingerprint density at radius 2 is 2.60 bits per heavy atom. The Balaban J connectivity index is 2.52. The van der Waals surface area contributed by atoms with E-state index in [1.165, 1.54) is 0 Å². The summed E-state index contributed by atoms with van der Waals surface area (Å²) in [5.74, 6) is 0.0300. The molecule has 1 rings (SSSR count). The zero-order valence-electron chi connectivity index (χ0n) is 5.37. The molecule has 0 aliphatic carbocycles. The second-order valence-corrected chi connectivity index (χ2v) is 2.18. The molecule has 1 saturated heterocycles. The summed E-state index contributed by atoms with van der Waals surface area (Å²) in [7, 11) is 0. The van der Waals surface area contributed by atoms with E-state index in [4.69, 9.17) is 10.9 Å². The molecule has 1 aliphatic rings. The lowest BCUT2D eigenvalue weighted by molar-refractivity contribution is -0.119. The van der Waals surface area contributed by atoms with Crippen molar-refractivity contribution in [3.05, 3.63) is 0 Å². The predicted molar refractivity (Wildman–Crippen MR) is 34.6 cm³/mol. The quantitative estimate of drug-likeness (QED) is 0.190. The average molecular weight is 143 g/mol. The summed E-state index contributed by atoms with van der Waals surface area (Å²) in [6.45, 7) is 0. The first-order valence-electron chi connectivity index (χ1n) is 3.01. The molecule has 0 aromatic carbocycles. The van der Waals surface area contributed by atoms with Gasteiger partial charge in [0.1, 0.15) is 0 Å². The highest BCUT2D eigenvalue weighted by Crippen LogP contribution is 2.05. The summed E-state index contributed by atoms with van der Waals surface area (Å²) >= 11 is 0. The Morgan fingerprint density at radius 3 is 3.00 bits per heavy atom. The Bertz CT molecular complexity index is 178. The molecule has 1 atom stereocenters. The number of amidine groups is 1. The third kappa shape index (κ3) is 1.18. The molecular formula is C5H9N3O2. The zero-order valence-corrected chi connectivity index (χ0v) is 5.37. The van der Waals surface area contributed by atoms with Crippen molar-refractivity contribution >= 4 is 11.7 Å². The minimum Gasteiger partial charge on any atom is -0.409 e. The zero-order chi connectivity index (χ0) is 7.56. The molecular weight excluding hydrogens is 134 g/mol. The monoisotopic (exact) mass is 143 g/mol. The summed E-state index contributed by atoms with van der Waals surface area (Å²) in [6, 6.07) is -0.266. The van der Waals surface area contributed by atoms with E-state index in [1.807, 2.05) is 0 Å². The Kier molecular flexibility index (Phi) is 1.75. The van der Waals surface area contributed by atoms with Crippen LogP contribution in [0.5, 0.6) is 0 Å². The Hall–Kier alpha value is -1.26. The summed E-state index contributed by atoms with van der Waals surface area (Å²) in [5.41, 5.74) is 5.23. The molecule has 0 radical (unpaired) electrons. The van der Waals surface area contributed by atoms with Crippen molar-refractivity contribution in [3.8, 4) is 0 Å². The fourth-order valence-corrected chi connectivity index (χ4v) is 0.906. The van der Waals surface area contributed by atoms with Crippen LogP contribution in [-0.4, -0.2) is 23.0 Å². The number of oxime groups is 1. The molecule has 0 aromatic rings. The van der Waals surface area contributed by atoms with Crippen LogP contribution in [0.25, 0.3) is 0 Å². The molecule has 1 aliphatic heterocycles. The molecule has 56 valence electrons. The lowest BCUT2D eigenvalue weighted by Gasteiger charge is -2.05.